The van der Waals surface area contributed by atoms with E-state index in [-0.39, 0.29) is 10.9 Å². The molecule has 2 aliphatic rings. The molecule has 1 aliphatic carbocycles. The highest BCUT2D eigenvalue weighted by Crippen LogP contribution is 2.38. The first-order valence-electron chi connectivity index (χ1n) is 7.03. The minimum absolute atomic E-state index is 0.222. The van der Waals surface area contributed by atoms with E-state index >= 15 is 0 Å². The molecule has 0 aromatic heterocycles. The van der Waals surface area contributed by atoms with E-state index in [0.717, 1.165) is 11.3 Å². The van der Waals surface area contributed by atoms with Crippen LogP contribution in [0.15, 0.2) is 64.6 Å². The molecule has 0 saturated heterocycles. The van der Waals surface area contributed by atoms with Crippen LogP contribution >= 0.6 is 11.8 Å². The summed E-state index contributed by atoms with van der Waals surface area (Å²) in [5.74, 6) is 0.314. The van der Waals surface area contributed by atoms with Gasteiger partial charge in [-0.15, -0.1) is 11.8 Å². The van der Waals surface area contributed by atoms with Crippen molar-refractivity contribution in [3.05, 3.63) is 59.7 Å². The van der Waals surface area contributed by atoms with E-state index in [1.54, 1.807) is 23.9 Å². The second-order valence-corrected chi connectivity index (χ2v) is 8.57. The number of fused-ring (bicyclic) bond motifs is 1. The fourth-order valence-electron chi connectivity index (χ4n) is 2.36. The van der Waals surface area contributed by atoms with E-state index in [2.05, 4.69) is 22.8 Å². The molecule has 7 heteroatoms. The van der Waals surface area contributed by atoms with Crippen molar-refractivity contribution >= 4 is 33.3 Å². The molecule has 2 unspecified atom stereocenters. The summed E-state index contributed by atoms with van der Waals surface area (Å²) < 4.78 is 22.8. The quantitative estimate of drug-likeness (QED) is 0.881. The smallest absolute Gasteiger partial charge is 0.308 e. The van der Waals surface area contributed by atoms with Crippen LogP contribution in [0, 0.1) is 5.92 Å². The summed E-state index contributed by atoms with van der Waals surface area (Å²) in [6.07, 6.45) is 11.4. The Morgan fingerprint density at radius 2 is 1.78 bits per heavy atom. The molecular weight excluding hydrogens is 332 g/mol. The summed E-state index contributed by atoms with van der Waals surface area (Å²) in [6, 6.07) is 5.73. The number of carbonyl (C=O) groups excluding carboxylic acids is 1. The van der Waals surface area contributed by atoms with Gasteiger partial charge in [0.25, 0.3) is 0 Å². The van der Waals surface area contributed by atoms with Crippen molar-refractivity contribution in [2.75, 3.05) is 11.6 Å². The SMILES string of the molecule is CS(=O)(=O)c1ccc(NC(=O)NC2=CC3C=CC=CC3S2)cc1. The largest absolute Gasteiger partial charge is 0.324 e. The van der Waals surface area contributed by atoms with E-state index in [0.29, 0.717) is 16.9 Å². The molecule has 0 radical (unpaired) electrons. The van der Waals surface area contributed by atoms with Crippen molar-refractivity contribution in [3.63, 3.8) is 0 Å². The lowest BCUT2D eigenvalue weighted by Crippen LogP contribution is -2.26. The Morgan fingerprint density at radius 3 is 2.43 bits per heavy atom. The zero-order valence-corrected chi connectivity index (χ0v) is 14.0. The number of carbonyl (C=O) groups is 1. The Balaban J connectivity index is 1.60. The third-order valence-corrected chi connectivity index (χ3v) is 5.87. The highest BCUT2D eigenvalue weighted by atomic mass is 32.2. The Morgan fingerprint density at radius 1 is 1.09 bits per heavy atom. The zero-order chi connectivity index (χ0) is 16.4. The fraction of sp³-hybridized carbons (Fsp3) is 0.188. The van der Waals surface area contributed by atoms with Gasteiger partial charge in [-0.25, -0.2) is 13.2 Å². The summed E-state index contributed by atoms with van der Waals surface area (Å²) in [5.41, 5.74) is 0.538. The van der Waals surface area contributed by atoms with E-state index in [1.165, 1.54) is 12.1 Å². The molecular formula is C16H16N2O3S2. The predicted molar refractivity (Wildman–Crippen MR) is 92.9 cm³/mol. The number of nitrogens with one attached hydrogen (secondary N) is 2. The van der Waals surface area contributed by atoms with Crippen LogP contribution in [0.1, 0.15) is 0 Å². The van der Waals surface area contributed by atoms with Gasteiger partial charge in [0.15, 0.2) is 9.84 Å². The second kappa shape index (κ2) is 6.25. The van der Waals surface area contributed by atoms with Crippen molar-refractivity contribution in [1.82, 2.24) is 5.32 Å². The Bertz CT molecular complexity index is 808. The topological polar surface area (TPSA) is 75.3 Å². The van der Waals surface area contributed by atoms with Crippen LogP contribution in [-0.2, 0) is 9.84 Å². The van der Waals surface area contributed by atoms with Gasteiger partial charge in [-0.1, -0.05) is 24.3 Å². The van der Waals surface area contributed by atoms with Crippen LogP contribution in [0.3, 0.4) is 0 Å². The third-order valence-electron chi connectivity index (χ3n) is 3.51. The van der Waals surface area contributed by atoms with Gasteiger partial charge in [0.05, 0.1) is 9.92 Å². The monoisotopic (exact) mass is 348 g/mol. The normalized spacial score (nSPS) is 22.4. The van der Waals surface area contributed by atoms with Gasteiger partial charge in [-0.05, 0) is 30.3 Å². The number of hydrogen-bond donors (Lipinski definition) is 2. The summed E-state index contributed by atoms with van der Waals surface area (Å²) in [7, 11) is -3.23. The first-order valence-corrected chi connectivity index (χ1v) is 9.80. The van der Waals surface area contributed by atoms with Crippen LogP contribution in [0.5, 0.6) is 0 Å². The number of allylic oxidation sites excluding steroid dienone is 4. The number of hydrogen-bond acceptors (Lipinski definition) is 4. The van der Waals surface area contributed by atoms with E-state index in [9.17, 15) is 13.2 Å². The van der Waals surface area contributed by atoms with Gasteiger partial charge in [0.1, 0.15) is 0 Å². The molecule has 1 aromatic carbocycles. The summed E-state index contributed by atoms with van der Waals surface area (Å²) >= 11 is 1.61. The molecule has 0 bridgehead atoms. The van der Waals surface area contributed by atoms with Crippen LogP contribution in [0.4, 0.5) is 10.5 Å². The van der Waals surface area contributed by atoms with Gasteiger partial charge >= 0.3 is 6.03 Å². The standard InChI is InChI=1S/C16H16N2O3S2/c1-23(20,21)13-8-6-12(7-9-13)17-16(19)18-15-10-11-4-2-3-5-14(11)22-15/h2-11,14H,1H3,(H2,17,18,19). The first-order chi connectivity index (χ1) is 10.9. The van der Waals surface area contributed by atoms with Gasteiger partial charge in [0, 0.05) is 23.1 Å². The Hall–Kier alpha value is -1.99. The van der Waals surface area contributed by atoms with Crippen molar-refractivity contribution in [2.45, 2.75) is 10.1 Å². The number of benzene rings is 1. The summed E-state index contributed by atoms with van der Waals surface area (Å²) in [4.78, 5) is 12.2. The molecule has 1 aliphatic heterocycles. The number of thioether (sulfide) groups is 1. The van der Waals surface area contributed by atoms with Crippen LogP contribution < -0.4 is 10.6 Å². The van der Waals surface area contributed by atoms with Crippen molar-refractivity contribution < 1.29 is 13.2 Å². The maximum absolute atomic E-state index is 12.0. The lowest BCUT2D eigenvalue weighted by Gasteiger charge is -2.13. The third kappa shape index (κ3) is 3.86. The van der Waals surface area contributed by atoms with Gasteiger partial charge in [-0.2, -0.15) is 0 Å². The molecule has 2 atom stereocenters. The van der Waals surface area contributed by atoms with E-state index in [1.807, 2.05) is 18.2 Å². The van der Waals surface area contributed by atoms with Gasteiger partial charge < -0.3 is 10.6 Å². The van der Waals surface area contributed by atoms with E-state index < -0.39 is 9.84 Å². The number of urea groups is 1. The molecule has 3 rings (SSSR count). The molecule has 1 aromatic rings. The molecule has 5 nitrogen and oxygen atoms in total. The Labute approximate surface area is 139 Å². The molecule has 0 spiro atoms. The van der Waals surface area contributed by atoms with Crippen molar-refractivity contribution in [2.24, 2.45) is 5.92 Å². The lowest BCUT2D eigenvalue weighted by atomic mass is 10.0. The number of sulfone groups is 1. The molecule has 2 amide bonds. The number of rotatable bonds is 3. The molecule has 0 saturated carbocycles. The zero-order valence-electron chi connectivity index (χ0n) is 12.4. The van der Waals surface area contributed by atoms with Crippen LogP contribution in [0.2, 0.25) is 0 Å². The average molecular weight is 348 g/mol. The van der Waals surface area contributed by atoms with Crippen molar-refractivity contribution in [3.8, 4) is 0 Å². The minimum Gasteiger partial charge on any atom is -0.308 e. The average Bonchev–Trinajstić information content (AvgIpc) is 2.88. The van der Waals surface area contributed by atoms with Gasteiger partial charge in [0.2, 0.25) is 0 Å². The van der Waals surface area contributed by atoms with E-state index in [4.69, 9.17) is 0 Å². The first kappa shape index (κ1) is 15.9. The fourth-order valence-corrected chi connectivity index (χ4v) is 4.17. The molecule has 2 N–H and O–H groups in total. The van der Waals surface area contributed by atoms with Crippen LogP contribution in [0.25, 0.3) is 0 Å². The minimum atomic E-state index is -3.23. The molecule has 120 valence electrons. The number of anilines is 1. The second-order valence-electron chi connectivity index (χ2n) is 5.34. The molecule has 23 heavy (non-hydrogen) atoms. The highest BCUT2D eigenvalue weighted by molar-refractivity contribution is 8.04. The van der Waals surface area contributed by atoms with Crippen LogP contribution in [-0.4, -0.2) is 26.0 Å². The predicted octanol–water partition coefficient (Wildman–Crippen LogP) is 2.91. The van der Waals surface area contributed by atoms with Crippen molar-refractivity contribution in [1.29, 1.82) is 0 Å². The molecule has 0 fully saturated rings. The summed E-state index contributed by atoms with van der Waals surface area (Å²) in [6.45, 7) is 0. The van der Waals surface area contributed by atoms with Gasteiger partial charge in [-0.3, -0.25) is 0 Å². The Kier molecular flexibility index (Phi) is 4.32. The summed E-state index contributed by atoms with van der Waals surface area (Å²) in [5, 5.41) is 6.67. The maximum Gasteiger partial charge on any atom is 0.324 e. The number of amides is 2. The highest BCUT2D eigenvalue weighted by Gasteiger charge is 2.26. The lowest BCUT2D eigenvalue weighted by molar-refractivity contribution is 0.255. The molecule has 1 heterocycles. The maximum atomic E-state index is 12.0.